The van der Waals surface area contributed by atoms with Gasteiger partial charge in [0.2, 0.25) is 17.7 Å². The number of nitrogens with zero attached hydrogens (tertiary/aromatic N) is 2. The van der Waals surface area contributed by atoms with Crippen molar-refractivity contribution in [3.63, 3.8) is 0 Å². The fourth-order valence-corrected chi connectivity index (χ4v) is 6.29. The molecule has 2 fully saturated rings. The summed E-state index contributed by atoms with van der Waals surface area (Å²) in [5.41, 5.74) is 7.59. The summed E-state index contributed by atoms with van der Waals surface area (Å²) in [6, 6.07) is 13.0. The van der Waals surface area contributed by atoms with Gasteiger partial charge in [0.25, 0.3) is 0 Å². The van der Waals surface area contributed by atoms with Gasteiger partial charge in [-0.25, -0.2) is 8.93 Å². The molecule has 12 nitrogen and oxygen atoms in total. The molecule has 0 aromatic heterocycles. The number of nitrogens with one attached hydrogen (secondary N) is 4. The van der Waals surface area contributed by atoms with Crippen LogP contribution < -0.4 is 26.4 Å². The lowest BCUT2D eigenvalue weighted by molar-refractivity contribution is -0.134. The molecule has 2 aromatic carbocycles. The zero-order valence-corrected chi connectivity index (χ0v) is 25.2. The number of nitrogens with two attached hydrogens (primary N) is 1. The van der Waals surface area contributed by atoms with Crippen LogP contribution in [-0.2, 0) is 31.8 Å². The fraction of sp³-hybridized carbons (Fsp3) is 0.467. The quantitative estimate of drug-likeness (QED) is 0.0856. The van der Waals surface area contributed by atoms with Gasteiger partial charge in [0, 0.05) is 50.9 Å². The molecule has 0 spiro atoms. The molecule has 232 valence electrons. The van der Waals surface area contributed by atoms with Crippen molar-refractivity contribution in [2.75, 3.05) is 38.5 Å². The minimum atomic E-state index is -1.76. The van der Waals surface area contributed by atoms with E-state index in [2.05, 4.69) is 25.8 Å². The average molecular weight is 612 g/mol. The second-order valence-corrected chi connectivity index (χ2v) is 12.3. The number of carbonyl (C=O) groups is 3. The number of amides is 3. The standard InChI is InChI=1S/C30H41N7O5S/c1-32-27(38)10-3-5-20-11-13-37(14-12-20)30(40)26(16-21-6-2-7-22(15-21)28(31)35-41)36-43(42)25-9-4-8-24(17-25)34-29(39)23-18-33-19-23/h2,4,6-9,15,17,20,23,26,33,36,41H,3,5,10-14,16,18-19H2,1H3,(H2,31,35)(H,32,38)(H,34,39)/t26-,43?/m0/s1. The number of likely N-dealkylation sites (tertiary alicyclic amines) is 1. The number of rotatable bonds is 13. The zero-order valence-electron chi connectivity index (χ0n) is 24.4. The third kappa shape index (κ3) is 9.09. The van der Waals surface area contributed by atoms with Gasteiger partial charge in [0.15, 0.2) is 5.84 Å². The Morgan fingerprint density at radius 3 is 2.56 bits per heavy atom. The summed E-state index contributed by atoms with van der Waals surface area (Å²) in [7, 11) is -0.119. The Kier molecular flexibility index (Phi) is 11.6. The molecule has 0 bridgehead atoms. The van der Waals surface area contributed by atoms with Crippen molar-refractivity contribution in [3.05, 3.63) is 59.7 Å². The van der Waals surface area contributed by atoms with Crippen molar-refractivity contribution >= 4 is 40.2 Å². The second-order valence-electron chi connectivity index (χ2n) is 11.0. The van der Waals surface area contributed by atoms with Gasteiger partial charge in [-0.2, -0.15) is 0 Å². The predicted octanol–water partition coefficient (Wildman–Crippen LogP) is 1.32. The maximum atomic E-state index is 13.8. The highest BCUT2D eigenvalue weighted by Crippen LogP contribution is 2.24. The van der Waals surface area contributed by atoms with E-state index in [9.17, 15) is 18.6 Å². The van der Waals surface area contributed by atoms with Crippen LogP contribution in [0.15, 0.2) is 58.6 Å². The Balaban J connectivity index is 1.45. The topological polar surface area (TPSA) is 178 Å². The molecule has 13 heteroatoms. The summed E-state index contributed by atoms with van der Waals surface area (Å²) in [5.74, 6) is 0.0966. The number of hydrogen-bond acceptors (Lipinski definition) is 7. The molecule has 2 heterocycles. The van der Waals surface area contributed by atoms with Crippen molar-refractivity contribution in [2.24, 2.45) is 22.7 Å². The molecule has 4 rings (SSSR count). The SMILES string of the molecule is CNC(=O)CCCC1CCN(C(=O)[C@H](Cc2cccc(/C(N)=N\O)c2)NS(=O)c2cccc(NC(=O)C3CNC3)c2)CC1. The maximum absolute atomic E-state index is 13.8. The lowest BCUT2D eigenvalue weighted by atomic mass is 9.91. The van der Waals surface area contributed by atoms with E-state index in [0.717, 1.165) is 31.2 Å². The van der Waals surface area contributed by atoms with Gasteiger partial charge in [0.05, 0.1) is 10.8 Å². The van der Waals surface area contributed by atoms with Crippen molar-refractivity contribution < 1.29 is 23.8 Å². The Morgan fingerprint density at radius 2 is 1.88 bits per heavy atom. The Labute approximate surface area is 254 Å². The van der Waals surface area contributed by atoms with Gasteiger partial charge in [-0.05, 0) is 67.9 Å². The summed E-state index contributed by atoms with van der Waals surface area (Å²) < 4.78 is 16.6. The van der Waals surface area contributed by atoms with Crippen LogP contribution in [0.5, 0.6) is 0 Å². The molecular weight excluding hydrogens is 570 g/mol. The van der Waals surface area contributed by atoms with Crippen LogP contribution in [0.2, 0.25) is 0 Å². The molecule has 43 heavy (non-hydrogen) atoms. The smallest absolute Gasteiger partial charge is 0.241 e. The second kappa shape index (κ2) is 15.6. The molecule has 2 saturated heterocycles. The monoisotopic (exact) mass is 611 g/mol. The summed E-state index contributed by atoms with van der Waals surface area (Å²) in [6.45, 7) is 2.42. The van der Waals surface area contributed by atoms with E-state index in [1.807, 2.05) is 6.07 Å². The van der Waals surface area contributed by atoms with Crippen molar-refractivity contribution in [1.82, 2.24) is 20.3 Å². The van der Waals surface area contributed by atoms with E-state index >= 15 is 0 Å². The molecule has 0 aliphatic carbocycles. The zero-order chi connectivity index (χ0) is 30.8. The average Bonchev–Trinajstić information content (AvgIpc) is 2.99. The summed E-state index contributed by atoms with van der Waals surface area (Å²) in [5, 5.41) is 20.8. The number of benzene rings is 2. The minimum Gasteiger partial charge on any atom is -0.409 e. The van der Waals surface area contributed by atoms with Crippen LogP contribution in [-0.4, -0.2) is 77.1 Å². The molecule has 0 saturated carbocycles. The number of carbonyl (C=O) groups excluding carboxylic acids is 3. The van der Waals surface area contributed by atoms with Crippen molar-refractivity contribution in [1.29, 1.82) is 0 Å². The molecule has 7 N–H and O–H groups in total. The number of oxime groups is 1. The third-order valence-electron chi connectivity index (χ3n) is 8.01. The summed E-state index contributed by atoms with van der Waals surface area (Å²) >= 11 is 0. The first-order chi connectivity index (χ1) is 20.8. The molecule has 3 amide bonds. The molecular formula is C30H41N7O5S. The van der Waals surface area contributed by atoms with E-state index in [4.69, 9.17) is 10.9 Å². The van der Waals surface area contributed by atoms with Gasteiger partial charge in [-0.1, -0.05) is 29.4 Å². The molecule has 2 aliphatic rings. The van der Waals surface area contributed by atoms with Gasteiger partial charge in [-0.15, -0.1) is 0 Å². The molecule has 2 aliphatic heterocycles. The first-order valence-electron chi connectivity index (χ1n) is 14.6. The minimum absolute atomic E-state index is 0.0363. The van der Waals surface area contributed by atoms with Gasteiger partial charge in [0.1, 0.15) is 17.0 Å². The fourth-order valence-electron chi connectivity index (χ4n) is 5.27. The van der Waals surface area contributed by atoms with Crippen LogP contribution in [0.3, 0.4) is 0 Å². The van der Waals surface area contributed by atoms with Crippen LogP contribution in [0.1, 0.15) is 43.2 Å². The van der Waals surface area contributed by atoms with E-state index < -0.39 is 17.0 Å². The molecule has 2 atom stereocenters. The normalized spacial score (nSPS) is 17.5. The highest BCUT2D eigenvalue weighted by Gasteiger charge is 2.30. The van der Waals surface area contributed by atoms with Crippen LogP contribution in [0.25, 0.3) is 0 Å². The highest BCUT2D eigenvalue weighted by atomic mass is 32.2. The number of anilines is 1. The Morgan fingerprint density at radius 1 is 1.14 bits per heavy atom. The van der Waals surface area contributed by atoms with Crippen LogP contribution >= 0.6 is 0 Å². The number of amidine groups is 1. The van der Waals surface area contributed by atoms with Gasteiger partial charge >= 0.3 is 0 Å². The summed E-state index contributed by atoms with van der Waals surface area (Å²) in [4.78, 5) is 40.0. The first kappa shape index (κ1) is 32.1. The van der Waals surface area contributed by atoms with E-state index in [1.165, 1.54) is 0 Å². The van der Waals surface area contributed by atoms with E-state index in [0.29, 0.717) is 54.7 Å². The van der Waals surface area contributed by atoms with Crippen LogP contribution in [0.4, 0.5) is 5.69 Å². The lowest BCUT2D eigenvalue weighted by Crippen LogP contribution is -2.50. The van der Waals surface area contributed by atoms with Crippen molar-refractivity contribution in [2.45, 2.75) is 49.5 Å². The summed E-state index contributed by atoms with van der Waals surface area (Å²) in [6.07, 6.45) is 4.16. The Hall–Kier alpha value is -3.81. The maximum Gasteiger partial charge on any atom is 0.241 e. The first-order valence-corrected chi connectivity index (χ1v) is 15.8. The number of piperidine rings is 1. The molecule has 1 unspecified atom stereocenters. The largest absolute Gasteiger partial charge is 0.409 e. The van der Waals surface area contributed by atoms with E-state index in [-0.39, 0.29) is 35.9 Å². The van der Waals surface area contributed by atoms with E-state index in [1.54, 1.807) is 54.4 Å². The molecule has 0 radical (unpaired) electrons. The predicted molar refractivity (Wildman–Crippen MR) is 165 cm³/mol. The Bertz CT molecular complexity index is 1340. The highest BCUT2D eigenvalue weighted by molar-refractivity contribution is 7.83. The number of hydrogen-bond donors (Lipinski definition) is 6. The molecule has 2 aromatic rings. The van der Waals surface area contributed by atoms with Gasteiger partial charge in [-0.3, -0.25) is 14.4 Å². The van der Waals surface area contributed by atoms with Crippen LogP contribution in [0, 0.1) is 11.8 Å². The lowest BCUT2D eigenvalue weighted by Gasteiger charge is -2.34. The third-order valence-corrected chi connectivity index (χ3v) is 9.19. The van der Waals surface area contributed by atoms with Gasteiger partial charge < -0.3 is 31.8 Å². The van der Waals surface area contributed by atoms with Crippen molar-refractivity contribution in [3.8, 4) is 0 Å².